The summed E-state index contributed by atoms with van der Waals surface area (Å²) in [5.41, 5.74) is 0.382. The molecule has 0 radical (unpaired) electrons. The zero-order valence-corrected chi connectivity index (χ0v) is 8.37. The first-order valence-corrected chi connectivity index (χ1v) is 4.80. The highest BCUT2D eigenvalue weighted by Gasteiger charge is 2.43. The van der Waals surface area contributed by atoms with E-state index in [2.05, 4.69) is 12.1 Å². The van der Waals surface area contributed by atoms with Crippen LogP contribution in [-0.2, 0) is 10.2 Å². The molecule has 0 N–H and O–H groups in total. The van der Waals surface area contributed by atoms with Crippen LogP contribution in [-0.4, -0.2) is 17.7 Å². The fraction of sp³-hybridized carbons (Fsp3) is 0.600. The normalized spacial score (nSPS) is 17.9. The molecule has 14 heavy (non-hydrogen) atoms. The lowest BCUT2D eigenvalue weighted by Crippen LogP contribution is -2.04. The Balaban J connectivity index is 2.13. The highest BCUT2D eigenvalue weighted by molar-refractivity contribution is 5.87. The molecule has 1 aliphatic rings. The number of nitrogens with zero attached hydrogens (tertiary/aromatic N) is 1. The quantitative estimate of drug-likeness (QED) is 0.691. The van der Waals surface area contributed by atoms with Crippen LogP contribution in [0.3, 0.4) is 0 Å². The van der Waals surface area contributed by atoms with Crippen molar-refractivity contribution in [1.29, 1.82) is 0 Å². The van der Waals surface area contributed by atoms with E-state index in [1.807, 2.05) is 0 Å². The number of ether oxygens (including phenoxy) is 1. The number of aromatic nitrogens is 1. The summed E-state index contributed by atoms with van der Waals surface area (Å²) < 4.78 is 9.92. The molecule has 4 heteroatoms. The van der Waals surface area contributed by atoms with Gasteiger partial charge in [-0.3, -0.25) is 0 Å². The zero-order chi connectivity index (χ0) is 10.2. The molecular formula is C10H13NO3. The fourth-order valence-corrected chi connectivity index (χ4v) is 1.29. The first-order chi connectivity index (χ1) is 6.65. The van der Waals surface area contributed by atoms with Crippen molar-refractivity contribution in [3.63, 3.8) is 0 Å². The van der Waals surface area contributed by atoms with Crippen molar-refractivity contribution < 1.29 is 14.1 Å². The molecule has 0 aromatic carbocycles. The number of hydrogen-bond donors (Lipinski definition) is 0. The second-order valence-electron chi connectivity index (χ2n) is 3.86. The van der Waals surface area contributed by atoms with Gasteiger partial charge in [0.05, 0.1) is 6.61 Å². The molecule has 0 unspecified atom stereocenters. The van der Waals surface area contributed by atoms with Gasteiger partial charge in [0.2, 0.25) is 0 Å². The van der Waals surface area contributed by atoms with Crippen molar-refractivity contribution in [2.45, 2.75) is 32.1 Å². The van der Waals surface area contributed by atoms with Crippen LogP contribution in [0.1, 0.15) is 42.9 Å². The van der Waals surface area contributed by atoms with Gasteiger partial charge in [-0.05, 0) is 19.8 Å². The molecule has 1 heterocycles. The molecule has 0 bridgehead atoms. The summed E-state index contributed by atoms with van der Waals surface area (Å²) in [4.78, 5) is 11.3. The largest absolute Gasteiger partial charge is 0.461 e. The minimum absolute atomic E-state index is 0.109. The van der Waals surface area contributed by atoms with E-state index in [9.17, 15) is 4.79 Å². The van der Waals surface area contributed by atoms with Gasteiger partial charge in [0.15, 0.2) is 5.69 Å². The SMILES string of the molecule is CCOC(=O)c1cc(C2(C)CC2)on1. The molecule has 1 aromatic rings. The van der Waals surface area contributed by atoms with Crippen molar-refractivity contribution in [2.75, 3.05) is 6.61 Å². The number of hydrogen-bond acceptors (Lipinski definition) is 4. The van der Waals surface area contributed by atoms with E-state index >= 15 is 0 Å². The van der Waals surface area contributed by atoms with E-state index < -0.39 is 5.97 Å². The smallest absolute Gasteiger partial charge is 0.360 e. The van der Waals surface area contributed by atoms with Gasteiger partial charge in [0, 0.05) is 11.5 Å². The third-order valence-electron chi connectivity index (χ3n) is 2.59. The fourth-order valence-electron chi connectivity index (χ4n) is 1.29. The van der Waals surface area contributed by atoms with Gasteiger partial charge >= 0.3 is 5.97 Å². The molecule has 1 fully saturated rings. The van der Waals surface area contributed by atoms with Gasteiger partial charge < -0.3 is 9.26 Å². The van der Waals surface area contributed by atoms with Gasteiger partial charge in [-0.2, -0.15) is 0 Å². The average Bonchev–Trinajstić information content (AvgIpc) is 2.72. The Bertz CT molecular complexity index is 352. The summed E-state index contributed by atoms with van der Waals surface area (Å²) in [6.07, 6.45) is 2.20. The Kier molecular flexibility index (Phi) is 2.06. The lowest BCUT2D eigenvalue weighted by atomic mass is 10.1. The maximum atomic E-state index is 11.3. The predicted molar refractivity (Wildman–Crippen MR) is 49.0 cm³/mol. The average molecular weight is 195 g/mol. The predicted octanol–water partition coefficient (Wildman–Crippen LogP) is 1.90. The highest BCUT2D eigenvalue weighted by atomic mass is 16.5. The molecule has 1 aliphatic carbocycles. The lowest BCUT2D eigenvalue weighted by Gasteiger charge is -1.98. The van der Waals surface area contributed by atoms with Crippen LogP contribution >= 0.6 is 0 Å². The van der Waals surface area contributed by atoms with Gasteiger partial charge in [0.25, 0.3) is 0 Å². The molecule has 0 atom stereocenters. The summed E-state index contributed by atoms with van der Waals surface area (Å²) >= 11 is 0. The van der Waals surface area contributed by atoms with E-state index in [0.717, 1.165) is 18.6 Å². The summed E-state index contributed by atoms with van der Waals surface area (Å²) in [7, 11) is 0. The third kappa shape index (κ3) is 1.52. The van der Waals surface area contributed by atoms with Crippen LogP contribution in [0.15, 0.2) is 10.6 Å². The van der Waals surface area contributed by atoms with Gasteiger partial charge in [-0.25, -0.2) is 4.79 Å². The molecule has 2 rings (SSSR count). The van der Waals surface area contributed by atoms with Gasteiger partial charge in [-0.1, -0.05) is 12.1 Å². The van der Waals surface area contributed by atoms with Crippen molar-refractivity contribution in [1.82, 2.24) is 5.16 Å². The summed E-state index contributed by atoms with van der Waals surface area (Å²) in [5, 5.41) is 3.69. The highest BCUT2D eigenvalue weighted by Crippen LogP contribution is 2.47. The molecular weight excluding hydrogens is 182 g/mol. The van der Waals surface area contributed by atoms with Crippen molar-refractivity contribution >= 4 is 5.97 Å². The monoisotopic (exact) mass is 195 g/mol. The molecule has 4 nitrogen and oxygen atoms in total. The van der Waals surface area contributed by atoms with Crippen LogP contribution in [0.2, 0.25) is 0 Å². The number of carbonyl (C=O) groups excluding carboxylic acids is 1. The Morgan fingerprint density at radius 1 is 1.71 bits per heavy atom. The Labute approximate surface area is 82.2 Å². The Morgan fingerprint density at radius 2 is 2.43 bits per heavy atom. The summed E-state index contributed by atoms with van der Waals surface area (Å²) in [6, 6.07) is 1.69. The van der Waals surface area contributed by atoms with Crippen molar-refractivity contribution in [3.8, 4) is 0 Å². The minimum atomic E-state index is -0.410. The Hall–Kier alpha value is -1.32. The number of rotatable bonds is 3. The van der Waals surface area contributed by atoms with Crippen LogP contribution in [0.5, 0.6) is 0 Å². The lowest BCUT2D eigenvalue weighted by molar-refractivity contribution is 0.0514. The second kappa shape index (κ2) is 3.12. The van der Waals surface area contributed by atoms with Crippen molar-refractivity contribution in [3.05, 3.63) is 17.5 Å². The van der Waals surface area contributed by atoms with Crippen LogP contribution in [0, 0.1) is 0 Å². The second-order valence-corrected chi connectivity index (χ2v) is 3.86. The van der Waals surface area contributed by atoms with Gasteiger partial charge in [-0.15, -0.1) is 0 Å². The van der Waals surface area contributed by atoms with Crippen LogP contribution in [0.25, 0.3) is 0 Å². The van der Waals surface area contributed by atoms with E-state index in [1.54, 1.807) is 13.0 Å². The van der Waals surface area contributed by atoms with E-state index in [-0.39, 0.29) is 11.1 Å². The standard InChI is InChI=1S/C10H13NO3/c1-3-13-9(12)7-6-8(14-11-7)10(2)4-5-10/h6H,3-5H2,1-2H3. The zero-order valence-electron chi connectivity index (χ0n) is 8.37. The maximum absolute atomic E-state index is 11.3. The number of esters is 1. The van der Waals surface area contributed by atoms with Crippen molar-refractivity contribution in [2.24, 2.45) is 0 Å². The first kappa shape index (κ1) is 9.24. The first-order valence-electron chi connectivity index (χ1n) is 4.80. The minimum Gasteiger partial charge on any atom is -0.461 e. The molecule has 1 aromatic heterocycles. The molecule has 76 valence electrons. The number of carbonyl (C=O) groups is 1. The summed E-state index contributed by atoms with van der Waals surface area (Å²) in [5.74, 6) is 0.382. The maximum Gasteiger partial charge on any atom is 0.360 e. The molecule has 1 saturated carbocycles. The van der Waals surface area contributed by atoms with E-state index in [4.69, 9.17) is 9.26 Å². The van der Waals surface area contributed by atoms with E-state index in [0.29, 0.717) is 6.61 Å². The Morgan fingerprint density at radius 3 is 3.00 bits per heavy atom. The van der Waals surface area contributed by atoms with Crippen LogP contribution < -0.4 is 0 Å². The molecule has 0 aliphatic heterocycles. The molecule has 0 amide bonds. The van der Waals surface area contributed by atoms with Crippen LogP contribution in [0.4, 0.5) is 0 Å². The topological polar surface area (TPSA) is 52.3 Å². The molecule has 0 spiro atoms. The van der Waals surface area contributed by atoms with Gasteiger partial charge in [0.1, 0.15) is 5.76 Å². The molecule has 0 saturated heterocycles. The summed E-state index contributed by atoms with van der Waals surface area (Å²) in [6.45, 7) is 4.22. The van der Waals surface area contributed by atoms with E-state index in [1.165, 1.54) is 0 Å². The third-order valence-corrected chi connectivity index (χ3v) is 2.59.